The minimum absolute atomic E-state index is 0.0578. The Morgan fingerprint density at radius 2 is 2.18 bits per heavy atom. The monoisotopic (exact) mass is 232 g/mol. The second-order valence-electron chi connectivity index (χ2n) is 3.24. The van der Waals surface area contributed by atoms with E-state index in [0.717, 1.165) is 0 Å². The number of nitrogens with two attached hydrogens (primary N) is 1. The summed E-state index contributed by atoms with van der Waals surface area (Å²) in [4.78, 5) is 25.4. The van der Waals surface area contributed by atoms with Gasteiger partial charge in [0.2, 0.25) is 0 Å². The quantitative estimate of drug-likeness (QED) is 0.777. The molecule has 0 unspecified atom stereocenters. The molecule has 86 valence electrons. The normalized spacial score (nSPS) is 10.1. The number of carbonyl (C=O) groups excluding carboxylic acids is 1. The molecule has 0 fully saturated rings. The van der Waals surface area contributed by atoms with E-state index in [9.17, 15) is 9.59 Å². The maximum absolute atomic E-state index is 10.9. The highest BCUT2D eigenvalue weighted by atomic mass is 16.4. The van der Waals surface area contributed by atoms with Crippen molar-refractivity contribution in [3.05, 3.63) is 42.0 Å². The third kappa shape index (κ3) is 2.12. The number of primary amides is 1. The first kappa shape index (κ1) is 10.8. The van der Waals surface area contributed by atoms with Crippen LogP contribution >= 0.6 is 0 Å². The highest BCUT2D eigenvalue weighted by Crippen LogP contribution is 2.08. The van der Waals surface area contributed by atoms with Crippen LogP contribution in [0.25, 0.3) is 5.69 Å². The smallest absolute Gasteiger partial charge is 0.338 e. The Morgan fingerprint density at radius 1 is 1.41 bits per heavy atom. The molecule has 2 aromatic rings. The van der Waals surface area contributed by atoms with Gasteiger partial charge in [-0.3, -0.25) is 9.78 Å². The summed E-state index contributed by atoms with van der Waals surface area (Å²) in [7, 11) is 0. The lowest BCUT2D eigenvalue weighted by atomic mass is 10.3. The fourth-order valence-electron chi connectivity index (χ4n) is 1.27. The molecule has 2 heterocycles. The van der Waals surface area contributed by atoms with Gasteiger partial charge in [-0.05, 0) is 12.1 Å². The van der Waals surface area contributed by atoms with Gasteiger partial charge in [0.25, 0.3) is 5.91 Å². The summed E-state index contributed by atoms with van der Waals surface area (Å²) in [6, 6.07) is 3.02. The largest absolute Gasteiger partial charge is 0.478 e. The van der Waals surface area contributed by atoms with Crippen molar-refractivity contribution in [3.8, 4) is 5.69 Å². The van der Waals surface area contributed by atoms with Crippen molar-refractivity contribution in [2.75, 3.05) is 0 Å². The number of pyridine rings is 1. The predicted octanol–water partition coefficient (Wildman–Crippen LogP) is 0.0644. The molecule has 0 aliphatic heterocycles. The summed E-state index contributed by atoms with van der Waals surface area (Å²) < 4.78 is 1.33. The van der Waals surface area contributed by atoms with Crippen LogP contribution in [0, 0.1) is 0 Å². The van der Waals surface area contributed by atoms with Gasteiger partial charge >= 0.3 is 5.97 Å². The first-order valence-corrected chi connectivity index (χ1v) is 4.62. The molecule has 0 aliphatic rings. The zero-order valence-electron chi connectivity index (χ0n) is 8.57. The summed E-state index contributed by atoms with van der Waals surface area (Å²) in [5.41, 5.74) is 5.75. The second-order valence-corrected chi connectivity index (χ2v) is 3.24. The average molecular weight is 232 g/mol. The second kappa shape index (κ2) is 4.05. The standard InChI is InChI=1S/C10H8N4O3/c11-9(15)8-3-7(1-2-12-8)14-5-6(4-13-14)10(16)17/h1-5H,(H2,11,15)(H,16,17). The highest BCUT2D eigenvalue weighted by molar-refractivity contribution is 5.91. The SMILES string of the molecule is NC(=O)c1cc(-n2cc(C(=O)O)cn2)ccn1. The van der Waals surface area contributed by atoms with E-state index in [1.54, 1.807) is 6.07 Å². The zero-order chi connectivity index (χ0) is 12.4. The van der Waals surface area contributed by atoms with E-state index in [0.29, 0.717) is 5.69 Å². The number of hydrogen-bond acceptors (Lipinski definition) is 4. The molecule has 0 aromatic carbocycles. The van der Waals surface area contributed by atoms with Crippen molar-refractivity contribution in [1.29, 1.82) is 0 Å². The molecule has 1 amide bonds. The molecule has 2 aromatic heterocycles. The van der Waals surface area contributed by atoms with Crippen molar-refractivity contribution in [2.45, 2.75) is 0 Å². The molecule has 7 heteroatoms. The first-order chi connectivity index (χ1) is 8.08. The predicted molar refractivity (Wildman–Crippen MR) is 56.8 cm³/mol. The Kier molecular flexibility index (Phi) is 2.57. The van der Waals surface area contributed by atoms with Gasteiger partial charge in [0.15, 0.2) is 0 Å². The molecule has 0 spiro atoms. The van der Waals surface area contributed by atoms with Crippen molar-refractivity contribution >= 4 is 11.9 Å². The number of rotatable bonds is 3. The van der Waals surface area contributed by atoms with E-state index in [-0.39, 0.29) is 11.3 Å². The Bertz CT molecular complexity index is 591. The van der Waals surface area contributed by atoms with Gasteiger partial charge in [0, 0.05) is 12.4 Å². The number of carboxylic acids is 1. The number of nitrogens with zero attached hydrogens (tertiary/aromatic N) is 3. The Hall–Kier alpha value is -2.70. The van der Waals surface area contributed by atoms with E-state index in [1.165, 1.54) is 29.3 Å². The maximum Gasteiger partial charge on any atom is 0.338 e. The summed E-state index contributed by atoms with van der Waals surface area (Å²) in [5, 5.41) is 12.6. The van der Waals surface area contributed by atoms with Crippen molar-refractivity contribution in [3.63, 3.8) is 0 Å². The lowest BCUT2D eigenvalue weighted by Crippen LogP contribution is -2.13. The number of aromatic nitrogens is 3. The van der Waals surface area contributed by atoms with E-state index >= 15 is 0 Å². The molecule has 3 N–H and O–H groups in total. The maximum atomic E-state index is 10.9. The van der Waals surface area contributed by atoms with Crippen LogP contribution in [0.1, 0.15) is 20.8 Å². The number of carbonyl (C=O) groups is 2. The number of hydrogen-bond donors (Lipinski definition) is 2. The van der Waals surface area contributed by atoms with Crippen LogP contribution in [0.15, 0.2) is 30.7 Å². The third-order valence-electron chi connectivity index (χ3n) is 2.09. The zero-order valence-corrected chi connectivity index (χ0v) is 8.57. The molecule has 0 saturated heterocycles. The number of carboxylic acid groups (broad SMARTS) is 1. The van der Waals surface area contributed by atoms with E-state index < -0.39 is 11.9 Å². The average Bonchev–Trinajstić information content (AvgIpc) is 2.78. The van der Waals surface area contributed by atoms with E-state index in [2.05, 4.69) is 10.1 Å². The molecule has 0 aliphatic carbocycles. The highest BCUT2D eigenvalue weighted by Gasteiger charge is 2.09. The van der Waals surface area contributed by atoms with Crippen molar-refractivity contribution in [1.82, 2.24) is 14.8 Å². The Morgan fingerprint density at radius 3 is 2.76 bits per heavy atom. The number of amides is 1. The molecule has 0 atom stereocenters. The fraction of sp³-hybridized carbons (Fsp3) is 0. The van der Waals surface area contributed by atoms with Crippen LogP contribution in [-0.4, -0.2) is 31.7 Å². The molecule has 0 radical (unpaired) electrons. The van der Waals surface area contributed by atoms with Crippen LogP contribution in [0.3, 0.4) is 0 Å². The summed E-state index contributed by atoms with van der Waals surface area (Å²) >= 11 is 0. The summed E-state index contributed by atoms with van der Waals surface area (Å²) in [5.74, 6) is -1.72. The van der Waals surface area contributed by atoms with Crippen LogP contribution < -0.4 is 5.73 Å². The Labute approximate surface area is 95.5 Å². The summed E-state index contributed by atoms with van der Waals surface area (Å²) in [6.07, 6.45) is 3.95. The van der Waals surface area contributed by atoms with Crippen LogP contribution in [0.5, 0.6) is 0 Å². The van der Waals surface area contributed by atoms with Crippen molar-refractivity contribution in [2.24, 2.45) is 5.73 Å². The lowest BCUT2D eigenvalue weighted by Gasteiger charge is -2.01. The van der Waals surface area contributed by atoms with E-state index in [1.807, 2.05) is 0 Å². The minimum atomic E-state index is -1.07. The molecule has 7 nitrogen and oxygen atoms in total. The molecule has 0 bridgehead atoms. The fourth-order valence-corrected chi connectivity index (χ4v) is 1.27. The minimum Gasteiger partial charge on any atom is -0.478 e. The molecular formula is C10H8N4O3. The lowest BCUT2D eigenvalue weighted by molar-refractivity contribution is 0.0696. The van der Waals surface area contributed by atoms with Gasteiger partial charge in [0.1, 0.15) is 5.69 Å². The number of aromatic carboxylic acids is 1. The van der Waals surface area contributed by atoms with Crippen LogP contribution in [-0.2, 0) is 0 Å². The topological polar surface area (TPSA) is 111 Å². The van der Waals surface area contributed by atoms with Crippen LogP contribution in [0.4, 0.5) is 0 Å². The third-order valence-corrected chi connectivity index (χ3v) is 2.09. The van der Waals surface area contributed by atoms with Gasteiger partial charge in [0.05, 0.1) is 17.4 Å². The van der Waals surface area contributed by atoms with Crippen LogP contribution in [0.2, 0.25) is 0 Å². The van der Waals surface area contributed by atoms with Gasteiger partial charge in [-0.25, -0.2) is 9.48 Å². The molecular weight excluding hydrogens is 224 g/mol. The molecule has 17 heavy (non-hydrogen) atoms. The van der Waals surface area contributed by atoms with E-state index in [4.69, 9.17) is 10.8 Å². The Balaban J connectivity index is 2.42. The van der Waals surface area contributed by atoms with Gasteiger partial charge in [-0.1, -0.05) is 0 Å². The van der Waals surface area contributed by atoms with Gasteiger partial charge < -0.3 is 10.8 Å². The van der Waals surface area contributed by atoms with Gasteiger partial charge in [-0.15, -0.1) is 0 Å². The summed E-state index contributed by atoms with van der Waals surface area (Å²) in [6.45, 7) is 0. The van der Waals surface area contributed by atoms with Gasteiger partial charge in [-0.2, -0.15) is 5.10 Å². The van der Waals surface area contributed by atoms with Crippen molar-refractivity contribution < 1.29 is 14.7 Å². The molecule has 2 rings (SSSR count). The molecule has 0 saturated carbocycles. The first-order valence-electron chi connectivity index (χ1n) is 4.62.